The molecular weight excluding hydrogens is 172 g/mol. The van der Waals surface area contributed by atoms with E-state index in [0.717, 1.165) is 0 Å². The summed E-state index contributed by atoms with van der Waals surface area (Å²) < 4.78 is 4.88. The van der Waals surface area contributed by atoms with Gasteiger partial charge in [0.1, 0.15) is 5.75 Å². The topological polar surface area (TPSA) is 66.8 Å². The second-order valence-electron chi connectivity index (χ2n) is 2.52. The quantitative estimate of drug-likeness (QED) is 0.726. The van der Waals surface area contributed by atoms with Crippen LogP contribution in [0, 0.1) is 0 Å². The molecule has 1 atom stereocenters. The van der Waals surface area contributed by atoms with Gasteiger partial charge in [0.25, 0.3) is 0 Å². The molecule has 0 bridgehead atoms. The Kier molecular flexibility index (Phi) is 2.87. The van der Waals surface area contributed by atoms with E-state index in [-0.39, 0.29) is 0 Å². The van der Waals surface area contributed by atoms with Gasteiger partial charge >= 0.3 is 5.97 Å². The summed E-state index contributed by atoms with van der Waals surface area (Å²) in [7, 11) is 1.48. The van der Waals surface area contributed by atoms with Crippen LogP contribution < -0.4 is 4.74 Å². The van der Waals surface area contributed by atoms with Crippen LogP contribution in [0.2, 0.25) is 0 Å². The molecule has 0 aliphatic heterocycles. The van der Waals surface area contributed by atoms with Gasteiger partial charge in [-0.1, -0.05) is 12.1 Å². The molecule has 1 rings (SSSR count). The molecule has 1 unspecified atom stereocenters. The highest BCUT2D eigenvalue weighted by atomic mass is 16.5. The van der Waals surface area contributed by atoms with Crippen LogP contribution in [0.5, 0.6) is 5.75 Å². The maximum Gasteiger partial charge on any atom is 0.337 e. The largest absolute Gasteiger partial charge is 0.497 e. The summed E-state index contributed by atoms with van der Waals surface area (Å²) in [6, 6.07) is 6.32. The zero-order valence-electron chi connectivity index (χ0n) is 7.10. The number of hydrogen-bond donors (Lipinski definition) is 2. The number of ether oxygens (including phenoxy) is 1. The first-order chi connectivity index (χ1) is 6.15. The summed E-state index contributed by atoms with van der Waals surface area (Å²) >= 11 is 0. The molecule has 4 nitrogen and oxygen atoms in total. The lowest BCUT2D eigenvalue weighted by Gasteiger charge is -2.06. The molecule has 0 fully saturated rings. The Balaban J connectivity index is 2.94. The number of aliphatic hydroxyl groups is 1. The van der Waals surface area contributed by atoms with Crippen LogP contribution in [0.15, 0.2) is 24.3 Å². The van der Waals surface area contributed by atoms with E-state index in [0.29, 0.717) is 11.3 Å². The van der Waals surface area contributed by atoms with Crippen molar-refractivity contribution >= 4 is 5.97 Å². The predicted molar refractivity (Wildman–Crippen MR) is 45.6 cm³/mol. The molecule has 0 radical (unpaired) electrons. The van der Waals surface area contributed by atoms with Crippen LogP contribution >= 0.6 is 0 Å². The average Bonchev–Trinajstić information content (AvgIpc) is 2.16. The van der Waals surface area contributed by atoms with Gasteiger partial charge in [0.15, 0.2) is 6.10 Å². The average molecular weight is 182 g/mol. The summed E-state index contributed by atoms with van der Waals surface area (Å²) in [4.78, 5) is 10.4. The number of hydrogen-bond acceptors (Lipinski definition) is 3. The number of carbonyl (C=O) groups is 1. The van der Waals surface area contributed by atoms with Crippen molar-refractivity contribution in [2.24, 2.45) is 0 Å². The molecule has 0 saturated carbocycles. The van der Waals surface area contributed by atoms with Crippen LogP contribution in [0.3, 0.4) is 0 Å². The Labute approximate surface area is 75.4 Å². The second-order valence-corrected chi connectivity index (χ2v) is 2.52. The monoisotopic (exact) mass is 182 g/mol. The Morgan fingerprint density at radius 3 is 2.77 bits per heavy atom. The predicted octanol–water partition coefficient (Wildman–Crippen LogP) is 0.813. The SMILES string of the molecule is COc1cccc(C(O)C(=O)O)c1. The van der Waals surface area contributed by atoms with E-state index < -0.39 is 12.1 Å². The van der Waals surface area contributed by atoms with Crippen molar-refractivity contribution < 1.29 is 19.7 Å². The zero-order valence-corrected chi connectivity index (χ0v) is 7.10. The third-order valence-corrected chi connectivity index (χ3v) is 1.64. The highest BCUT2D eigenvalue weighted by Crippen LogP contribution is 2.18. The van der Waals surface area contributed by atoms with Gasteiger partial charge in [-0.15, -0.1) is 0 Å². The zero-order chi connectivity index (χ0) is 9.84. The fourth-order valence-electron chi connectivity index (χ4n) is 0.954. The normalized spacial score (nSPS) is 12.2. The smallest absolute Gasteiger partial charge is 0.337 e. The van der Waals surface area contributed by atoms with Crippen molar-refractivity contribution in [3.05, 3.63) is 29.8 Å². The Hall–Kier alpha value is -1.55. The number of methoxy groups -OCH3 is 1. The van der Waals surface area contributed by atoms with E-state index in [1.165, 1.54) is 19.2 Å². The molecule has 0 aliphatic carbocycles. The van der Waals surface area contributed by atoms with Gasteiger partial charge in [-0.05, 0) is 17.7 Å². The van der Waals surface area contributed by atoms with Crippen LogP contribution in [0.25, 0.3) is 0 Å². The first-order valence-corrected chi connectivity index (χ1v) is 3.70. The maximum atomic E-state index is 10.4. The van der Waals surface area contributed by atoms with E-state index in [2.05, 4.69) is 0 Å². The van der Waals surface area contributed by atoms with Crippen LogP contribution in [-0.2, 0) is 4.79 Å². The molecule has 13 heavy (non-hydrogen) atoms. The van der Waals surface area contributed by atoms with E-state index in [4.69, 9.17) is 14.9 Å². The molecule has 0 saturated heterocycles. The van der Waals surface area contributed by atoms with Crippen molar-refractivity contribution in [1.29, 1.82) is 0 Å². The first kappa shape index (κ1) is 9.54. The van der Waals surface area contributed by atoms with Crippen LogP contribution in [-0.4, -0.2) is 23.3 Å². The second kappa shape index (κ2) is 3.91. The van der Waals surface area contributed by atoms with Gasteiger partial charge in [0.2, 0.25) is 0 Å². The molecule has 2 N–H and O–H groups in total. The minimum Gasteiger partial charge on any atom is -0.497 e. The number of rotatable bonds is 3. The molecule has 0 spiro atoms. The van der Waals surface area contributed by atoms with E-state index in [1.54, 1.807) is 12.1 Å². The summed E-state index contributed by atoms with van der Waals surface area (Å²) in [6.45, 7) is 0. The van der Waals surface area contributed by atoms with E-state index in [1.807, 2.05) is 0 Å². The third-order valence-electron chi connectivity index (χ3n) is 1.64. The Morgan fingerprint density at radius 2 is 2.23 bits per heavy atom. The van der Waals surface area contributed by atoms with Crippen molar-refractivity contribution in [2.45, 2.75) is 6.10 Å². The number of carboxylic acid groups (broad SMARTS) is 1. The molecular formula is C9H10O4. The molecule has 4 heteroatoms. The number of aliphatic hydroxyl groups excluding tert-OH is 1. The summed E-state index contributed by atoms with van der Waals surface area (Å²) in [5.41, 5.74) is 0.312. The molecule has 70 valence electrons. The van der Waals surface area contributed by atoms with E-state index in [9.17, 15) is 4.79 Å². The van der Waals surface area contributed by atoms with Gasteiger partial charge < -0.3 is 14.9 Å². The highest BCUT2D eigenvalue weighted by molar-refractivity contribution is 5.74. The number of carboxylic acids is 1. The van der Waals surface area contributed by atoms with Gasteiger partial charge in [0, 0.05) is 0 Å². The third kappa shape index (κ3) is 2.19. The molecule has 0 heterocycles. The summed E-state index contributed by atoms with van der Waals surface area (Å²) in [5, 5.41) is 17.7. The van der Waals surface area contributed by atoms with Crippen LogP contribution in [0.4, 0.5) is 0 Å². The number of aliphatic carboxylic acids is 1. The Morgan fingerprint density at radius 1 is 1.54 bits per heavy atom. The highest BCUT2D eigenvalue weighted by Gasteiger charge is 2.15. The van der Waals surface area contributed by atoms with Crippen molar-refractivity contribution in [1.82, 2.24) is 0 Å². The van der Waals surface area contributed by atoms with E-state index >= 15 is 0 Å². The lowest BCUT2D eigenvalue weighted by atomic mass is 10.1. The van der Waals surface area contributed by atoms with Crippen molar-refractivity contribution in [3.63, 3.8) is 0 Å². The Bertz CT molecular complexity index is 308. The maximum absolute atomic E-state index is 10.4. The summed E-state index contributed by atoms with van der Waals surface area (Å²) in [5.74, 6) is -0.744. The van der Waals surface area contributed by atoms with Gasteiger partial charge in [-0.2, -0.15) is 0 Å². The first-order valence-electron chi connectivity index (χ1n) is 3.70. The van der Waals surface area contributed by atoms with Gasteiger partial charge in [-0.25, -0.2) is 4.79 Å². The standard InChI is InChI=1S/C9H10O4/c1-13-7-4-2-3-6(5-7)8(10)9(11)12/h2-5,8,10H,1H3,(H,11,12). The summed E-state index contributed by atoms with van der Waals surface area (Å²) in [6.07, 6.45) is -1.49. The van der Waals surface area contributed by atoms with Crippen LogP contribution in [0.1, 0.15) is 11.7 Å². The van der Waals surface area contributed by atoms with Crippen molar-refractivity contribution in [2.75, 3.05) is 7.11 Å². The fraction of sp³-hybridized carbons (Fsp3) is 0.222. The van der Waals surface area contributed by atoms with Crippen molar-refractivity contribution in [3.8, 4) is 5.75 Å². The minimum absolute atomic E-state index is 0.312. The number of benzene rings is 1. The molecule has 1 aromatic carbocycles. The minimum atomic E-state index is -1.49. The lowest BCUT2D eigenvalue weighted by Crippen LogP contribution is -2.10. The molecule has 0 aromatic heterocycles. The molecule has 0 amide bonds. The molecule has 1 aromatic rings. The van der Waals surface area contributed by atoms with Gasteiger partial charge in [0.05, 0.1) is 7.11 Å². The fourth-order valence-corrected chi connectivity index (χ4v) is 0.954. The molecule has 0 aliphatic rings. The lowest BCUT2D eigenvalue weighted by molar-refractivity contribution is -0.146. The van der Waals surface area contributed by atoms with Gasteiger partial charge in [-0.3, -0.25) is 0 Å².